The maximum atomic E-state index is 13.0. The van der Waals surface area contributed by atoms with E-state index in [1.165, 1.54) is 18.2 Å². The van der Waals surface area contributed by atoms with Crippen molar-refractivity contribution in [2.24, 2.45) is 0 Å². The minimum absolute atomic E-state index is 0.150. The predicted octanol–water partition coefficient (Wildman–Crippen LogP) is 5.15. The van der Waals surface area contributed by atoms with Crippen LogP contribution in [0, 0.1) is 3.57 Å². The average Bonchev–Trinajstić information content (AvgIpc) is 2.40. The molecule has 20 heavy (non-hydrogen) atoms. The summed E-state index contributed by atoms with van der Waals surface area (Å²) < 4.78 is 40.3. The lowest BCUT2D eigenvalue weighted by Gasteiger charge is -2.19. The van der Waals surface area contributed by atoms with E-state index in [0.29, 0.717) is 10.0 Å². The molecule has 2 aromatic rings. The molecule has 0 amide bonds. The average molecular weight is 457 g/mol. The summed E-state index contributed by atoms with van der Waals surface area (Å²) >= 11 is 5.30. The Kier molecular flexibility index (Phi) is 4.76. The molecule has 1 atom stereocenters. The minimum Gasteiger partial charge on any atom is -0.384 e. The highest BCUT2D eigenvalue weighted by Gasteiger charge is 2.35. The molecule has 6 heteroatoms. The fraction of sp³-hybridized carbons (Fsp3) is 0.143. The van der Waals surface area contributed by atoms with E-state index < -0.39 is 17.8 Å². The van der Waals surface area contributed by atoms with Crippen molar-refractivity contribution >= 4 is 38.5 Å². The lowest BCUT2D eigenvalue weighted by atomic mass is 9.96. The van der Waals surface area contributed by atoms with Crippen molar-refractivity contribution in [1.82, 2.24) is 0 Å². The largest absolute Gasteiger partial charge is 0.416 e. The minimum atomic E-state index is -4.49. The third-order valence-corrected chi connectivity index (χ3v) is 4.21. The SMILES string of the molecule is OC(c1cc(I)ccc1Br)c1ccccc1C(F)(F)F. The Morgan fingerprint density at radius 2 is 1.70 bits per heavy atom. The normalized spacial score (nSPS) is 13.3. The first-order valence-electron chi connectivity index (χ1n) is 5.60. The summed E-state index contributed by atoms with van der Waals surface area (Å²) in [5.41, 5.74) is -0.561. The van der Waals surface area contributed by atoms with Gasteiger partial charge in [-0.15, -0.1) is 0 Å². The molecule has 106 valence electrons. The Morgan fingerprint density at radius 3 is 2.35 bits per heavy atom. The van der Waals surface area contributed by atoms with E-state index in [2.05, 4.69) is 15.9 Å². The maximum Gasteiger partial charge on any atom is 0.416 e. The highest BCUT2D eigenvalue weighted by Crippen LogP contribution is 2.38. The summed E-state index contributed by atoms with van der Waals surface area (Å²) in [6.45, 7) is 0. The Hall–Kier alpha value is -0.600. The molecule has 0 saturated heterocycles. The van der Waals surface area contributed by atoms with Crippen LogP contribution in [0.4, 0.5) is 13.2 Å². The molecule has 2 aromatic carbocycles. The molecule has 0 spiro atoms. The molecule has 0 bridgehead atoms. The Balaban J connectivity index is 2.54. The van der Waals surface area contributed by atoms with Crippen LogP contribution in [-0.2, 0) is 6.18 Å². The van der Waals surface area contributed by atoms with Gasteiger partial charge in [-0.3, -0.25) is 0 Å². The number of halogens is 5. The van der Waals surface area contributed by atoms with Crippen molar-refractivity contribution in [2.45, 2.75) is 12.3 Å². The molecule has 0 aliphatic heterocycles. The predicted molar refractivity (Wildman–Crippen MR) is 82.4 cm³/mol. The lowest BCUT2D eigenvalue weighted by Crippen LogP contribution is -2.13. The first-order valence-corrected chi connectivity index (χ1v) is 7.47. The van der Waals surface area contributed by atoms with Crippen molar-refractivity contribution in [3.05, 3.63) is 67.2 Å². The van der Waals surface area contributed by atoms with Crippen molar-refractivity contribution in [1.29, 1.82) is 0 Å². The number of alkyl halides is 3. The summed E-state index contributed by atoms with van der Waals surface area (Å²) in [7, 11) is 0. The van der Waals surface area contributed by atoms with Gasteiger partial charge in [0.25, 0.3) is 0 Å². The van der Waals surface area contributed by atoms with Gasteiger partial charge in [-0.05, 0) is 52.4 Å². The van der Waals surface area contributed by atoms with Gasteiger partial charge in [-0.25, -0.2) is 0 Å². The zero-order chi connectivity index (χ0) is 14.9. The van der Waals surface area contributed by atoms with Crippen molar-refractivity contribution in [2.75, 3.05) is 0 Å². The highest BCUT2D eigenvalue weighted by molar-refractivity contribution is 14.1. The monoisotopic (exact) mass is 456 g/mol. The van der Waals surface area contributed by atoms with Gasteiger partial charge in [0.15, 0.2) is 0 Å². The molecule has 0 aromatic heterocycles. The van der Waals surface area contributed by atoms with Gasteiger partial charge in [0, 0.05) is 13.6 Å². The van der Waals surface area contributed by atoms with Gasteiger partial charge in [0.1, 0.15) is 6.10 Å². The number of hydrogen-bond donors (Lipinski definition) is 1. The van der Waals surface area contributed by atoms with Gasteiger partial charge in [0.2, 0.25) is 0 Å². The van der Waals surface area contributed by atoms with Crippen LogP contribution in [0.25, 0.3) is 0 Å². The number of aliphatic hydroxyl groups is 1. The summed E-state index contributed by atoms with van der Waals surface area (Å²) in [6.07, 6.45) is -5.83. The van der Waals surface area contributed by atoms with Gasteiger partial charge in [-0.2, -0.15) is 13.2 Å². The van der Waals surface area contributed by atoms with E-state index in [0.717, 1.165) is 9.64 Å². The number of aliphatic hydroxyl groups excluding tert-OH is 1. The second-order valence-electron chi connectivity index (χ2n) is 4.15. The van der Waals surface area contributed by atoms with Gasteiger partial charge in [0.05, 0.1) is 5.56 Å². The number of rotatable bonds is 2. The molecular weight excluding hydrogens is 448 g/mol. The standard InChI is InChI=1S/C14H9BrF3IO/c15-12-6-5-8(19)7-10(12)13(20)9-3-1-2-4-11(9)14(16,17)18/h1-7,13,20H. The highest BCUT2D eigenvalue weighted by atomic mass is 127. The first-order chi connectivity index (χ1) is 9.30. The first kappa shape index (κ1) is 15.8. The summed E-state index contributed by atoms with van der Waals surface area (Å²) in [5.74, 6) is 0. The Labute approximate surface area is 136 Å². The summed E-state index contributed by atoms with van der Waals surface area (Å²) in [6, 6.07) is 10.2. The van der Waals surface area contributed by atoms with Crippen molar-refractivity contribution in [3.63, 3.8) is 0 Å². The van der Waals surface area contributed by atoms with Crippen molar-refractivity contribution in [3.8, 4) is 0 Å². The molecule has 1 unspecified atom stereocenters. The van der Waals surface area contributed by atoms with Gasteiger partial charge < -0.3 is 5.11 Å². The second kappa shape index (κ2) is 6.03. The van der Waals surface area contributed by atoms with E-state index in [4.69, 9.17) is 0 Å². The molecule has 0 aliphatic carbocycles. The molecule has 1 nitrogen and oxygen atoms in total. The smallest absolute Gasteiger partial charge is 0.384 e. The zero-order valence-electron chi connectivity index (χ0n) is 9.96. The third kappa shape index (κ3) is 3.35. The van der Waals surface area contributed by atoms with Gasteiger partial charge >= 0.3 is 6.18 Å². The quantitative estimate of drug-likeness (QED) is 0.619. The molecule has 0 radical (unpaired) electrons. The van der Waals surface area contributed by atoms with Crippen LogP contribution in [0.15, 0.2) is 46.9 Å². The molecule has 0 saturated carbocycles. The molecule has 0 heterocycles. The molecular formula is C14H9BrF3IO. The van der Waals surface area contributed by atoms with E-state index >= 15 is 0 Å². The third-order valence-electron chi connectivity index (χ3n) is 2.81. The number of hydrogen-bond acceptors (Lipinski definition) is 1. The second-order valence-corrected chi connectivity index (χ2v) is 6.25. The van der Waals surface area contributed by atoms with E-state index in [-0.39, 0.29) is 5.56 Å². The van der Waals surface area contributed by atoms with Crippen LogP contribution in [0.5, 0.6) is 0 Å². The number of benzene rings is 2. The summed E-state index contributed by atoms with van der Waals surface area (Å²) in [5, 5.41) is 10.3. The van der Waals surface area contributed by atoms with Crippen LogP contribution < -0.4 is 0 Å². The molecule has 0 fully saturated rings. The Bertz CT molecular complexity index is 628. The van der Waals surface area contributed by atoms with E-state index in [1.807, 2.05) is 22.6 Å². The molecule has 2 rings (SSSR count). The van der Waals surface area contributed by atoms with E-state index in [9.17, 15) is 18.3 Å². The van der Waals surface area contributed by atoms with Crippen LogP contribution in [-0.4, -0.2) is 5.11 Å². The summed E-state index contributed by atoms with van der Waals surface area (Å²) in [4.78, 5) is 0. The molecule has 0 aliphatic rings. The molecule has 1 N–H and O–H groups in total. The fourth-order valence-electron chi connectivity index (χ4n) is 1.89. The Morgan fingerprint density at radius 1 is 1.05 bits per heavy atom. The van der Waals surface area contributed by atoms with Crippen molar-refractivity contribution < 1.29 is 18.3 Å². The zero-order valence-corrected chi connectivity index (χ0v) is 13.7. The maximum absolute atomic E-state index is 13.0. The van der Waals surface area contributed by atoms with Crippen LogP contribution in [0.3, 0.4) is 0 Å². The topological polar surface area (TPSA) is 20.2 Å². The van der Waals surface area contributed by atoms with Crippen LogP contribution in [0.1, 0.15) is 22.8 Å². The fourth-order valence-corrected chi connectivity index (χ4v) is 2.86. The van der Waals surface area contributed by atoms with Crippen LogP contribution in [0.2, 0.25) is 0 Å². The van der Waals surface area contributed by atoms with Gasteiger partial charge in [-0.1, -0.05) is 34.1 Å². The van der Waals surface area contributed by atoms with Crippen LogP contribution >= 0.6 is 38.5 Å². The van der Waals surface area contributed by atoms with E-state index in [1.54, 1.807) is 18.2 Å². The lowest BCUT2D eigenvalue weighted by molar-refractivity contribution is -0.139.